The predicted octanol–water partition coefficient (Wildman–Crippen LogP) is 0.737. The number of thiophene rings is 1. The lowest BCUT2D eigenvalue weighted by Crippen LogP contribution is -2.33. The van der Waals surface area contributed by atoms with Crippen molar-refractivity contribution in [1.29, 1.82) is 0 Å². The highest BCUT2D eigenvalue weighted by Crippen LogP contribution is 2.18. The van der Waals surface area contributed by atoms with E-state index in [4.69, 9.17) is 0 Å². The van der Waals surface area contributed by atoms with Gasteiger partial charge in [-0.15, -0.1) is 11.3 Å². The number of nitrogens with zero attached hydrogens (tertiary/aromatic N) is 2. The van der Waals surface area contributed by atoms with Gasteiger partial charge >= 0.3 is 0 Å². The van der Waals surface area contributed by atoms with E-state index < -0.39 is 0 Å². The van der Waals surface area contributed by atoms with Crippen molar-refractivity contribution in [2.45, 2.75) is 25.4 Å². The molecule has 1 N–H and O–H groups in total. The molecule has 0 spiro atoms. The molecule has 1 fully saturated rings. The molecule has 2 heterocycles. The maximum Gasteiger partial charge on any atom is 0.262 e. The normalized spacial score (nSPS) is 15.1. The van der Waals surface area contributed by atoms with E-state index in [1.807, 2.05) is 5.38 Å². The topological polar surface area (TPSA) is 64.0 Å². The quantitative estimate of drug-likeness (QED) is 0.872. The number of carbonyl (C=O) groups is 1. The van der Waals surface area contributed by atoms with Gasteiger partial charge in [0, 0.05) is 6.04 Å². The molecule has 0 bridgehead atoms. The van der Waals surface area contributed by atoms with Gasteiger partial charge in [-0.2, -0.15) is 0 Å². The lowest BCUT2D eigenvalue weighted by atomic mass is 10.4. The van der Waals surface area contributed by atoms with E-state index in [2.05, 4.69) is 10.3 Å². The van der Waals surface area contributed by atoms with Crippen molar-refractivity contribution in [3.63, 3.8) is 0 Å². The zero-order valence-electron chi connectivity index (χ0n) is 9.05. The predicted molar refractivity (Wildman–Crippen MR) is 65.0 cm³/mol. The second-order valence-electron chi connectivity index (χ2n) is 4.16. The van der Waals surface area contributed by atoms with Gasteiger partial charge in [-0.1, -0.05) is 0 Å². The van der Waals surface area contributed by atoms with Crippen LogP contribution in [-0.4, -0.2) is 21.5 Å². The van der Waals surface area contributed by atoms with E-state index >= 15 is 0 Å². The van der Waals surface area contributed by atoms with Crippen LogP contribution in [0, 0.1) is 0 Å². The summed E-state index contributed by atoms with van der Waals surface area (Å²) in [4.78, 5) is 28.4. The number of aromatic nitrogens is 2. The van der Waals surface area contributed by atoms with Crippen molar-refractivity contribution in [2.75, 3.05) is 0 Å². The highest BCUT2D eigenvalue weighted by molar-refractivity contribution is 7.16. The number of hydrogen-bond donors (Lipinski definition) is 1. The Morgan fingerprint density at radius 1 is 1.59 bits per heavy atom. The molecule has 17 heavy (non-hydrogen) atoms. The molecular formula is C11H11N3O2S. The van der Waals surface area contributed by atoms with E-state index in [1.165, 1.54) is 22.2 Å². The minimum absolute atomic E-state index is 0.0497. The maximum atomic E-state index is 12.0. The van der Waals surface area contributed by atoms with Crippen molar-refractivity contribution in [2.24, 2.45) is 0 Å². The summed E-state index contributed by atoms with van der Waals surface area (Å²) in [6, 6.07) is 2.06. The number of nitrogens with one attached hydrogen (secondary N) is 1. The summed E-state index contributed by atoms with van der Waals surface area (Å²) in [5.74, 6) is -0.119. The highest BCUT2D eigenvalue weighted by atomic mass is 32.1. The van der Waals surface area contributed by atoms with E-state index in [1.54, 1.807) is 6.07 Å². The Hall–Kier alpha value is -1.69. The number of fused-ring (bicyclic) bond motifs is 1. The standard InChI is InChI=1S/C11H11N3O2S/c15-9(13-7-1-2-7)5-14-6-12-10-8(11(14)16)3-4-17-10/h3-4,6-7H,1-2,5H2,(H,13,15). The Bertz CT molecular complexity index is 627. The highest BCUT2D eigenvalue weighted by Gasteiger charge is 2.23. The Morgan fingerprint density at radius 2 is 2.41 bits per heavy atom. The van der Waals surface area contributed by atoms with E-state index in [0.717, 1.165) is 12.8 Å². The molecule has 88 valence electrons. The van der Waals surface area contributed by atoms with Gasteiger partial charge in [0.25, 0.3) is 5.56 Å². The van der Waals surface area contributed by atoms with Crippen molar-refractivity contribution in [1.82, 2.24) is 14.9 Å². The Kier molecular flexibility index (Phi) is 2.44. The van der Waals surface area contributed by atoms with Crippen LogP contribution in [0.1, 0.15) is 12.8 Å². The van der Waals surface area contributed by atoms with E-state index in [9.17, 15) is 9.59 Å². The Morgan fingerprint density at radius 3 is 3.18 bits per heavy atom. The first-order chi connectivity index (χ1) is 8.24. The van der Waals surface area contributed by atoms with Crippen LogP contribution in [0.2, 0.25) is 0 Å². The van der Waals surface area contributed by atoms with E-state index in [0.29, 0.717) is 16.3 Å². The molecule has 2 aromatic rings. The largest absolute Gasteiger partial charge is 0.352 e. The zero-order chi connectivity index (χ0) is 11.8. The van der Waals surface area contributed by atoms with Crippen LogP contribution in [0.15, 0.2) is 22.6 Å². The monoisotopic (exact) mass is 249 g/mol. The number of rotatable bonds is 3. The van der Waals surface area contributed by atoms with Gasteiger partial charge in [-0.05, 0) is 24.3 Å². The van der Waals surface area contributed by atoms with Gasteiger partial charge < -0.3 is 5.32 Å². The fraction of sp³-hybridized carbons (Fsp3) is 0.364. The first-order valence-electron chi connectivity index (χ1n) is 5.46. The van der Waals surface area contributed by atoms with Crippen LogP contribution in [0.3, 0.4) is 0 Å². The minimum Gasteiger partial charge on any atom is -0.352 e. The molecule has 0 aromatic carbocycles. The second kappa shape index (κ2) is 3.96. The summed E-state index contributed by atoms with van der Waals surface area (Å²) >= 11 is 1.42. The maximum absolute atomic E-state index is 12.0. The first kappa shape index (κ1) is 10.5. The van der Waals surface area contributed by atoms with Gasteiger partial charge in [0.15, 0.2) is 0 Å². The molecule has 6 heteroatoms. The molecule has 0 aliphatic heterocycles. The van der Waals surface area contributed by atoms with Gasteiger partial charge in [-0.3, -0.25) is 14.2 Å². The summed E-state index contributed by atoms with van der Waals surface area (Å²) in [5, 5.41) is 5.25. The second-order valence-corrected chi connectivity index (χ2v) is 5.05. The fourth-order valence-corrected chi connectivity index (χ4v) is 2.38. The molecular weight excluding hydrogens is 238 g/mol. The average Bonchev–Trinajstić information content (AvgIpc) is 2.97. The molecule has 3 rings (SSSR count). The molecule has 2 aromatic heterocycles. The van der Waals surface area contributed by atoms with Gasteiger partial charge in [-0.25, -0.2) is 4.98 Å². The molecule has 1 aliphatic rings. The first-order valence-corrected chi connectivity index (χ1v) is 6.34. The van der Waals surface area contributed by atoms with Crippen molar-refractivity contribution < 1.29 is 4.79 Å². The smallest absolute Gasteiger partial charge is 0.262 e. The third-order valence-electron chi connectivity index (χ3n) is 2.71. The number of carbonyl (C=O) groups excluding carboxylic acids is 1. The van der Waals surface area contributed by atoms with Crippen molar-refractivity contribution >= 4 is 27.5 Å². The SMILES string of the molecule is O=C(Cn1cnc2sccc2c1=O)NC1CC1. The van der Waals surface area contributed by atoms with Crippen LogP contribution in [0.4, 0.5) is 0 Å². The lowest BCUT2D eigenvalue weighted by Gasteiger charge is -2.05. The molecule has 0 unspecified atom stereocenters. The summed E-state index contributed by atoms with van der Waals surface area (Å²) in [7, 11) is 0. The van der Waals surface area contributed by atoms with Crippen LogP contribution in [0.25, 0.3) is 10.2 Å². The van der Waals surface area contributed by atoms with Crippen molar-refractivity contribution in [3.05, 3.63) is 28.1 Å². The molecule has 1 amide bonds. The minimum atomic E-state index is -0.151. The average molecular weight is 249 g/mol. The number of amides is 1. The Labute approximate surface area is 101 Å². The van der Waals surface area contributed by atoms with Crippen molar-refractivity contribution in [3.8, 4) is 0 Å². The molecule has 1 saturated carbocycles. The molecule has 5 nitrogen and oxygen atoms in total. The van der Waals surface area contributed by atoms with Crippen LogP contribution < -0.4 is 10.9 Å². The summed E-state index contributed by atoms with van der Waals surface area (Å²) < 4.78 is 1.35. The van der Waals surface area contributed by atoms with E-state index in [-0.39, 0.29) is 18.0 Å². The van der Waals surface area contributed by atoms with Crippen LogP contribution >= 0.6 is 11.3 Å². The summed E-state index contributed by atoms with van der Waals surface area (Å²) in [6.45, 7) is 0.0497. The Balaban J connectivity index is 1.86. The van der Waals surface area contributed by atoms with Crippen LogP contribution in [0.5, 0.6) is 0 Å². The lowest BCUT2D eigenvalue weighted by molar-refractivity contribution is -0.121. The van der Waals surface area contributed by atoms with Gasteiger partial charge in [0.2, 0.25) is 5.91 Å². The van der Waals surface area contributed by atoms with Crippen LogP contribution in [-0.2, 0) is 11.3 Å². The molecule has 1 aliphatic carbocycles. The molecule has 0 atom stereocenters. The number of hydrogen-bond acceptors (Lipinski definition) is 4. The molecule has 0 saturated heterocycles. The third kappa shape index (κ3) is 2.08. The van der Waals surface area contributed by atoms with Gasteiger partial charge in [0.1, 0.15) is 11.4 Å². The molecule has 0 radical (unpaired) electrons. The fourth-order valence-electron chi connectivity index (χ4n) is 1.66. The van der Waals surface area contributed by atoms with Gasteiger partial charge in [0.05, 0.1) is 11.7 Å². The zero-order valence-corrected chi connectivity index (χ0v) is 9.87. The third-order valence-corrected chi connectivity index (χ3v) is 3.53. The summed E-state index contributed by atoms with van der Waals surface area (Å²) in [5.41, 5.74) is -0.151. The summed E-state index contributed by atoms with van der Waals surface area (Å²) in [6.07, 6.45) is 3.53.